The van der Waals surface area contributed by atoms with Crippen LogP contribution < -0.4 is 16.0 Å². The van der Waals surface area contributed by atoms with Crippen molar-refractivity contribution in [2.45, 2.75) is 33.2 Å². The molecule has 3 N–H and O–H groups in total. The number of amides is 2. The first kappa shape index (κ1) is 18.0. The Bertz CT molecular complexity index is 1080. The molecular formula is C22H23N5O. The smallest absolute Gasteiger partial charge is 0.320 e. The second-order valence-electron chi connectivity index (χ2n) is 7.54. The highest BCUT2D eigenvalue weighted by Gasteiger charge is 2.42. The minimum absolute atomic E-state index is 0.473. The summed E-state index contributed by atoms with van der Waals surface area (Å²) in [4.78, 5) is 23.1. The van der Waals surface area contributed by atoms with Gasteiger partial charge in [-0.3, -0.25) is 9.88 Å². The van der Waals surface area contributed by atoms with Gasteiger partial charge in [0.1, 0.15) is 5.82 Å². The van der Waals surface area contributed by atoms with E-state index in [1.807, 2.05) is 64.1 Å². The fourth-order valence-corrected chi connectivity index (χ4v) is 4.27. The van der Waals surface area contributed by atoms with Crippen molar-refractivity contribution in [1.82, 2.24) is 9.97 Å². The van der Waals surface area contributed by atoms with Crippen molar-refractivity contribution in [3.63, 3.8) is 0 Å². The molecule has 4 rings (SSSR count). The average Bonchev–Trinajstić information content (AvgIpc) is 2.65. The van der Waals surface area contributed by atoms with E-state index < -0.39 is 11.6 Å². The highest BCUT2D eigenvalue weighted by Crippen LogP contribution is 2.50. The Labute approximate surface area is 164 Å². The molecule has 3 heterocycles. The first-order chi connectivity index (χ1) is 13.3. The van der Waals surface area contributed by atoms with Crippen LogP contribution in [0, 0.1) is 13.8 Å². The van der Waals surface area contributed by atoms with Crippen LogP contribution in [0.25, 0.3) is 11.1 Å². The van der Waals surface area contributed by atoms with Crippen LogP contribution >= 0.6 is 0 Å². The van der Waals surface area contributed by atoms with E-state index in [0.717, 1.165) is 45.1 Å². The van der Waals surface area contributed by atoms with Crippen molar-refractivity contribution in [2.24, 2.45) is 5.73 Å². The maximum absolute atomic E-state index is 12.4. The number of para-hydroxylation sites is 1. The lowest BCUT2D eigenvalue weighted by atomic mass is 9.78. The lowest BCUT2D eigenvalue weighted by Gasteiger charge is -2.45. The summed E-state index contributed by atoms with van der Waals surface area (Å²) in [5.74, 6) is 0.751. The van der Waals surface area contributed by atoms with Gasteiger partial charge < -0.3 is 11.1 Å². The summed E-state index contributed by atoms with van der Waals surface area (Å²) in [6.45, 7) is 8.07. The first-order valence-corrected chi connectivity index (χ1v) is 9.20. The van der Waals surface area contributed by atoms with Gasteiger partial charge >= 0.3 is 6.03 Å². The third-order valence-corrected chi connectivity index (χ3v) is 5.35. The fourth-order valence-electron chi connectivity index (χ4n) is 4.27. The van der Waals surface area contributed by atoms with Crippen LogP contribution in [-0.4, -0.2) is 16.0 Å². The van der Waals surface area contributed by atoms with E-state index in [9.17, 15) is 4.79 Å². The number of nitrogens with one attached hydrogen (secondary N) is 1. The molecule has 2 aromatic heterocycles. The Kier molecular flexibility index (Phi) is 4.07. The molecule has 1 aromatic carbocycles. The summed E-state index contributed by atoms with van der Waals surface area (Å²) >= 11 is 0. The molecule has 0 bridgehead atoms. The van der Waals surface area contributed by atoms with Crippen molar-refractivity contribution in [2.75, 3.05) is 10.2 Å². The second kappa shape index (κ2) is 6.34. The Morgan fingerprint density at radius 2 is 1.89 bits per heavy atom. The van der Waals surface area contributed by atoms with Gasteiger partial charge in [0.25, 0.3) is 0 Å². The lowest BCUT2D eigenvalue weighted by molar-refractivity contribution is 0.247. The highest BCUT2D eigenvalue weighted by molar-refractivity contribution is 6.01. The molecule has 0 spiro atoms. The van der Waals surface area contributed by atoms with E-state index in [1.165, 1.54) is 0 Å². The van der Waals surface area contributed by atoms with E-state index in [0.29, 0.717) is 0 Å². The highest BCUT2D eigenvalue weighted by atomic mass is 16.2. The number of carbonyl (C=O) groups excluding carboxylic acids is 1. The monoisotopic (exact) mass is 373 g/mol. The summed E-state index contributed by atoms with van der Waals surface area (Å²) in [5, 5.41) is 3.36. The van der Waals surface area contributed by atoms with E-state index >= 15 is 0 Å². The van der Waals surface area contributed by atoms with E-state index in [1.54, 1.807) is 17.3 Å². The predicted octanol–water partition coefficient (Wildman–Crippen LogP) is 4.64. The molecule has 3 aromatic rings. The van der Waals surface area contributed by atoms with Crippen LogP contribution in [0.1, 0.15) is 30.7 Å². The number of nitrogens with zero attached hydrogens (tertiary/aromatic N) is 3. The largest absolute Gasteiger partial charge is 0.351 e. The average molecular weight is 373 g/mol. The number of nitrogens with two attached hydrogens (primary N) is 1. The van der Waals surface area contributed by atoms with Crippen molar-refractivity contribution >= 4 is 23.2 Å². The number of fused-ring (bicyclic) bond motifs is 3. The second-order valence-corrected chi connectivity index (χ2v) is 7.54. The predicted molar refractivity (Wildman–Crippen MR) is 112 cm³/mol. The molecular weight excluding hydrogens is 350 g/mol. The summed E-state index contributed by atoms with van der Waals surface area (Å²) < 4.78 is 0. The Balaban J connectivity index is 1.99. The van der Waals surface area contributed by atoms with Crippen molar-refractivity contribution in [3.8, 4) is 11.1 Å². The Morgan fingerprint density at radius 1 is 1.14 bits per heavy atom. The zero-order chi connectivity index (χ0) is 20.1. The minimum atomic E-state index is -0.626. The van der Waals surface area contributed by atoms with Gasteiger partial charge in [0.15, 0.2) is 0 Å². The third kappa shape index (κ3) is 2.60. The number of primary amides is 1. The van der Waals surface area contributed by atoms with E-state index in [2.05, 4.69) is 10.3 Å². The molecule has 2 amide bonds. The third-order valence-electron chi connectivity index (χ3n) is 5.35. The molecule has 0 atom stereocenters. The molecule has 0 saturated heterocycles. The van der Waals surface area contributed by atoms with Gasteiger partial charge in [-0.1, -0.05) is 18.2 Å². The molecule has 1 aliphatic heterocycles. The standard InChI is InChI=1S/C22H23N5O/c1-13-19-18(14(2)25-20(13)26-15-8-7-11-24-12-15)16-9-5-6-10-17(16)27(21(23)28)22(19,3)4/h5-12H,1-4H3,(H2,23,28)(H,25,26). The number of hydrogen-bond donors (Lipinski definition) is 2. The van der Waals surface area contributed by atoms with Crippen LogP contribution in [0.5, 0.6) is 0 Å². The molecule has 0 fully saturated rings. The molecule has 28 heavy (non-hydrogen) atoms. The lowest BCUT2D eigenvalue weighted by Crippen LogP contribution is -2.51. The van der Waals surface area contributed by atoms with Crippen molar-refractivity contribution in [1.29, 1.82) is 0 Å². The number of rotatable bonds is 2. The van der Waals surface area contributed by atoms with Crippen LogP contribution in [0.3, 0.4) is 0 Å². The van der Waals surface area contributed by atoms with Crippen molar-refractivity contribution < 1.29 is 4.79 Å². The molecule has 0 saturated carbocycles. The SMILES string of the molecule is Cc1nc(Nc2cccnc2)c(C)c2c1-c1ccccc1N(C(N)=O)C2(C)C. The first-order valence-electron chi connectivity index (χ1n) is 9.20. The molecule has 1 aliphatic rings. The topological polar surface area (TPSA) is 84.1 Å². The van der Waals surface area contributed by atoms with Gasteiger partial charge in [0, 0.05) is 23.0 Å². The van der Waals surface area contributed by atoms with Crippen molar-refractivity contribution in [3.05, 3.63) is 65.6 Å². The molecule has 0 unspecified atom stereocenters. The summed E-state index contributed by atoms with van der Waals surface area (Å²) in [7, 11) is 0. The van der Waals surface area contributed by atoms with Gasteiger partial charge in [0.2, 0.25) is 0 Å². The maximum atomic E-state index is 12.4. The maximum Gasteiger partial charge on any atom is 0.320 e. The molecule has 6 nitrogen and oxygen atoms in total. The fraction of sp³-hybridized carbons (Fsp3) is 0.227. The molecule has 6 heteroatoms. The van der Waals surface area contributed by atoms with Crippen LogP contribution in [-0.2, 0) is 5.54 Å². The van der Waals surface area contributed by atoms with Gasteiger partial charge in [-0.05, 0) is 57.0 Å². The van der Waals surface area contributed by atoms with Crippen LogP contribution in [0.15, 0.2) is 48.8 Å². The Morgan fingerprint density at radius 3 is 2.57 bits per heavy atom. The number of anilines is 3. The zero-order valence-corrected chi connectivity index (χ0v) is 16.4. The number of benzene rings is 1. The van der Waals surface area contributed by atoms with Gasteiger partial charge in [0.05, 0.1) is 23.1 Å². The Hall–Kier alpha value is -3.41. The number of carbonyl (C=O) groups is 1. The van der Waals surface area contributed by atoms with Gasteiger partial charge in [-0.2, -0.15) is 0 Å². The number of pyridine rings is 2. The van der Waals surface area contributed by atoms with Gasteiger partial charge in [-0.15, -0.1) is 0 Å². The van der Waals surface area contributed by atoms with Crippen LogP contribution in [0.2, 0.25) is 0 Å². The number of hydrogen-bond acceptors (Lipinski definition) is 4. The van der Waals surface area contributed by atoms with Crippen LogP contribution in [0.4, 0.5) is 22.0 Å². The van der Waals surface area contributed by atoms with E-state index in [4.69, 9.17) is 10.7 Å². The minimum Gasteiger partial charge on any atom is -0.351 e. The summed E-state index contributed by atoms with van der Waals surface area (Å²) in [6.07, 6.45) is 3.49. The normalized spacial score (nSPS) is 14.2. The van der Waals surface area contributed by atoms with E-state index in [-0.39, 0.29) is 0 Å². The summed E-state index contributed by atoms with van der Waals surface area (Å²) in [6, 6.07) is 11.2. The number of aromatic nitrogens is 2. The molecule has 0 radical (unpaired) electrons. The number of aryl methyl sites for hydroxylation is 1. The molecule has 142 valence electrons. The van der Waals surface area contributed by atoms with Gasteiger partial charge in [-0.25, -0.2) is 9.78 Å². The quantitative estimate of drug-likeness (QED) is 0.685. The summed E-state index contributed by atoms with van der Waals surface area (Å²) in [5.41, 5.74) is 11.8. The zero-order valence-electron chi connectivity index (χ0n) is 16.4. The molecule has 0 aliphatic carbocycles. The number of urea groups is 1.